The summed E-state index contributed by atoms with van der Waals surface area (Å²) < 4.78 is 37.4. The molecule has 0 amide bonds. The smallest absolute Gasteiger partial charge is 0.744 e. The second-order valence-corrected chi connectivity index (χ2v) is 4.51. The number of methoxy groups -OCH3 is 1. The molecule has 0 aliphatic carbocycles. The van der Waals surface area contributed by atoms with Crippen LogP contribution in [0.2, 0.25) is 0 Å². The van der Waals surface area contributed by atoms with E-state index in [9.17, 15) is 13.0 Å². The van der Waals surface area contributed by atoms with Gasteiger partial charge in [-0.25, -0.2) is 8.42 Å². The Morgan fingerprint density at radius 2 is 2.00 bits per heavy atom. The van der Waals surface area contributed by atoms with Crippen LogP contribution < -0.4 is 34.3 Å². The molecule has 0 unspecified atom stereocenters. The summed E-state index contributed by atoms with van der Waals surface area (Å²) in [7, 11) is -3.17. The van der Waals surface area contributed by atoms with Gasteiger partial charge in [0.2, 0.25) is 0 Å². The predicted molar refractivity (Wildman–Crippen MR) is 48.7 cm³/mol. The van der Waals surface area contributed by atoms with E-state index in [-0.39, 0.29) is 40.2 Å². The molecule has 0 aromatic heterocycles. The van der Waals surface area contributed by atoms with E-state index in [0.29, 0.717) is 4.47 Å². The molecule has 0 heterocycles. The summed E-state index contributed by atoms with van der Waals surface area (Å²) in [5.41, 5.74) is 0. The van der Waals surface area contributed by atoms with Gasteiger partial charge in [-0.2, -0.15) is 0 Å². The molecular formula is C7H6BrNaO4S. The summed E-state index contributed by atoms with van der Waals surface area (Å²) in [6.07, 6.45) is 0. The molecule has 0 fully saturated rings. The fourth-order valence-corrected chi connectivity index (χ4v) is 2.03. The fourth-order valence-electron chi connectivity index (χ4n) is 0.846. The van der Waals surface area contributed by atoms with Crippen LogP contribution in [-0.2, 0) is 10.1 Å². The van der Waals surface area contributed by atoms with Crippen molar-refractivity contribution in [3.05, 3.63) is 22.7 Å². The third-order valence-electron chi connectivity index (χ3n) is 1.40. The molecule has 1 aromatic carbocycles. The van der Waals surface area contributed by atoms with E-state index in [4.69, 9.17) is 4.74 Å². The van der Waals surface area contributed by atoms with Gasteiger partial charge < -0.3 is 9.29 Å². The predicted octanol–water partition coefficient (Wildman–Crippen LogP) is -1.63. The van der Waals surface area contributed by atoms with Crippen LogP contribution >= 0.6 is 15.9 Å². The average molecular weight is 289 g/mol. The SMILES string of the molecule is COc1ccc(Br)cc1S(=O)(=O)[O-].[Na+]. The van der Waals surface area contributed by atoms with E-state index in [2.05, 4.69) is 15.9 Å². The molecule has 1 rings (SSSR count). The van der Waals surface area contributed by atoms with Crippen molar-refractivity contribution >= 4 is 26.0 Å². The first-order valence-electron chi connectivity index (χ1n) is 3.24. The summed E-state index contributed by atoms with van der Waals surface area (Å²) in [6, 6.07) is 4.21. The Hall–Kier alpha value is 0.410. The molecule has 0 N–H and O–H groups in total. The van der Waals surface area contributed by atoms with Gasteiger partial charge in [-0.3, -0.25) is 0 Å². The standard InChI is InChI=1S/C7H7BrO4S.Na/c1-12-6-3-2-5(8)4-7(6)13(9,10)11;/h2-4H,1H3,(H,9,10,11);/q;+1/p-1. The molecule has 4 nitrogen and oxygen atoms in total. The number of hydrogen-bond acceptors (Lipinski definition) is 4. The van der Waals surface area contributed by atoms with Crippen molar-refractivity contribution in [1.29, 1.82) is 0 Å². The van der Waals surface area contributed by atoms with E-state index < -0.39 is 10.1 Å². The zero-order valence-corrected chi connectivity index (χ0v) is 12.1. The molecule has 0 spiro atoms. The van der Waals surface area contributed by atoms with E-state index in [1.54, 1.807) is 6.07 Å². The van der Waals surface area contributed by atoms with Gasteiger partial charge >= 0.3 is 29.6 Å². The van der Waals surface area contributed by atoms with Gasteiger partial charge in [-0.05, 0) is 18.2 Å². The van der Waals surface area contributed by atoms with Gasteiger partial charge in [0.05, 0.1) is 12.0 Å². The topological polar surface area (TPSA) is 66.4 Å². The molecule has 0 atom stereocenters. The maximum Gasteiger partial charge on any atom is 1.00 e. The maximum atomic E-state index is 10.7. The molecule has 1 aromatic rings. The first kappa shape index (κ1) is 14.4. The Bertz CT molecular complexity index is 418. The van der Waals surface area contributed by atoms with E-state index in [1.165, 1.54) is 19.2 Å². The summed E-state index contributed by atoms with van der Waals surface area (Å²) in [5, 5.41) is 0. The number of rotatable bonds is 2. The van der Waals surface area contributed by atoms with Gasteiger partial charge in [0, 0.05) is 4.47 Å². The van der Waals surface area contributed by atoms with Crippen LogP contribution in [0.15, 0.2) is 27.6 Å². The zero-order valence-electron chi connectivity index (χ0n) is 7.65. The van der Waals surface area contributed by atoms with Crippen LogP contribution in [0.4, 0.5) is 0 Å². The normalized spacial score (nSPS) is 10.5. The van der Waals surface area contributed by atoms with Gasteiger partial charge in [0.1, 0.15) is 15.9 Å². The second kappa shape index (κ2) is 5.48. The molecule has 0 aliphatic heterocycles. The number of hydrogen-bond donors (Lipinski definition) is 0. The molecule has 0 saturated carbocycles. The largest absolute Gasteiger partial charge is 1.00 e. The third-order valence-corrected chi connectivity index (χ3v) is 2.75. The van der Waals surface area contributed by atoms with Crippen molar-refractivity contribution in [1.82, 2.24) is 0 Å². The van der Waals surface area contributed by atoms with Crippen LogP contribution in [0.3, 0.4) is 0 Å². The van der Waals surface area contributed by atoms with E-state index in [0.717, 1.165) is 0 Å². The van der Waals surface area contributed by atoms with Crippen LogP contribution in [0.25, 0.3) is 0 Å². The first-order chi connectivity index (χ1) is 5.95. The third kappa shape index (κ3) is 3.52. The minimum atomic E-state index is -4.47. The van der Waals surface area contributed by atoms with Gasteiger partial charge in [-0.15, -0.1) is 0 Å². The molecule has 0 saturated heterocycles. The summed E-state index contributed by atoms with van der Waals surface area (Å²) in [6.45, 7) is 0. The Labute approximate surface area is 113 Å². The maximum absolute atomic E-state index is 10.7. The first-order valence-corrected chi connectivity index (χ1v) is 5.44. The molecular weight excluding hydrogens is 283 g/mol. The Morgan fingerprint density at radius 1 is 1.43 bits per heavy atom. The summed E-state index contributed by atoms with van der Waals surface area (Å²) in [5.74, 6) is 0.0539. The molecule has 0 aliphatic rings. The Kier molecular flexibility index (Phi) is 5.64. The van der Waals surface area contributed by atoms with Crippen LogP contribution in [0.5, 0.6) is 5.75 Å². The number of benzene rings is 1. The van der Waals surface area contributed by atoms with Crippen LogP contribution in [0.1, 0.15) is 0 Å². The minimum absolute atomic E-state index is 0. The average Bonchev–Trinajstić information content (AvgIpc) is 2.03. The Morgan fingerprint density at radius 3 is 2.43 bits per heavy atom. The molecule has 0 bridgehead atoms. The molecule has 72 valence electrons. The van der Waals surface area contributed by atoms with Gasteiger partial charge in [-0.1, -0.05) is 15.9 Å². The monoisotopic (exact) mass is 288 g/mol. The van der Waals surface area contributed by atoms with Crippen molar-refractivity contribution < 1.29 is 47.3 Å². The molecule has 14 heavy (non-hydrogen) atoms. The fraction of sp³-hybridized carbons (Fsp3) is 0.143. The van der Waals surface area contributed by atoms with Crippen LogP contribution in [0, 0.1) is 0 Å². The summed E-state index contributed by atoms with van der Waals surface area (Å²) in [4.78, 5) is -0.357. The van der Waals surface area contributed by atoms with Gasteiger partial charge in [0.15, 0.2) is 0 Å². The number of halogens is 1. The van der Waals surface area contributed by atoms with E-state index in [1.807, 2.05) is 0 Å². The zero-order chi connectivity index (χ0) is 10.1. The van der Waals surface area contributed by atoms with Crippen molar-refractivity contribution in [3.63, 3.8) is 0 Å². The van der Waals surface area contributed by atoms with Gasteiger partial charge in [0.25, 0.3) is 0 Å². The van der Waals surface area contributed by atoms with Crippen LogP contribution in [-0.4, -0.2) is 20.1 Å². The second-order valence-electron chi connectivity index (χ2n) is 2.25. The van der Waals surface area contributed by atoms with Crippen molar-refractivity contribution in [2.75, 3.05) is 7.11 Å². The molecule has 0 radical (unpaired) electrons. The van der Waals surface area contributed by atoms with Crippen molar-refractivity contribution in [3.8, 4) is 5.75 Å². The quantitative estimate of drug-likeness (QED) is 0.484. The Balaban J connectivity index is 0.00000169. The number of ether oxygens (including phenoxy) is 1. The minimum Gasteiger partial charge on any atom is -0.744 e. The van der Waals surface area contributed by atoms with E-state index >= 15 is 0 Å². The van der Waals surface area contributed by atoms with Crippen molar-refractivity contribution in [2.45, 2.75) is 4.90 Å². The molecule has 7 heteroatoms. The summed E-state index contributed by atoms with van der Waals surface area (Å²) >= 11 is 3.06. The van der Waals surface area contributed by atoms with Crippen molar-refractivity contribution in [2.24, 2.45) is 0 Å².